The van der Waals surface area contributed by atoms with Gasteiger partial charge in [-0.2, -0.15) is 0 Å². The largest absolute Gasteiger partial charge is 0.317 e. The van der Waals surface area contributed by atoms with Crippen LogP contribution in [0.4, 0.5) is 0 Å². The van der Waals surface area contributed by atoms with E-state index < -0.39 is 0 Å². The zero-order valence-corrected chi connectivity index (χ0v) is 9.44. The van der Waals surface area contributed by atoms with Crippen molar-refractivity contribution in [3.05, 3.63) is 0 Å². The Balaban J connectivity index is 1.65. The van der Waals surface area contributed by atoms with Gasteiger partial charge in [0.15, 0.2) is 0 Å². The maximum atomic E-state index is 3.77. The highest BCUT2D eigenvalue weighted by Gasteiger charge is 2.41. The molecule has 1 heterocycles. The van der Waals surface area contributed by atoms with Gasteiger partial charge in [-0.25, -0.2) is 0 Å². The highest BCUT2D eigenvalue weighted by atomic mass is 15.0. The van der Waals surface area contributed by atoms with Gasteiger partial charge in [-0.05, 0) is 50.6 Å². The maximum absolute atomic E-state index is 3.77. The molecule has 0 amide bonds. The van der Waals surface area contributed by atoms with Crippen LogP contribution in [0.25, 0.3) is 0 Å². The molecule has 0 bridgehead atoms. The van der Waals surface area contributed by atoms with Crippen LogP contribution in [0.3, 0.4) is 0 Å². The van der Waals surface area contributed by atoms with Gasteiger partial charge in [0.1, 0.15) is 0 Å². The summed E-state index contributed by atoms with van der Waals surface area (Å²) in [4.78, 5) is 0. The fourth-order valence-electron chi connectivity index (χ4n) is 2.61. The molecule has 0 unspecified atom stereocenters. The molecule has 2 fully saturated rings. The smallest absolute Gasteiger partial charge is 0.00914 e. The third-order valence-corrected chi connectivity index (χ3v) is 3.84. The summed E-state index contributed by atoms with van der Waals surface area (Å²) >= 11 is 0. The van der Waals surface area contributed by atoms with Crippen LogP contribution in [0.15, 0.2) is 0 Å². The molecule has 1 saturated heterocycles. The average Bonchev–Trinajstić information content (AvgIpc) is 2.98. The molecule has 0 aromatic rings. The lowest BCUT2D eigenvalue weighted by atomic mass is 9.99. The topological polar surface area (TPSA) is 24.1 Å². The van der Waals surface area contributed by atoms with E-state index in [1.807, 2.05) is 0 Å². The van der Waals surface area contributed by atoms with Crippen molar-refractivity contribution in [3.8, 4) is 0 Å². The minimum absolute atomic E-state index is 0.722. The molecule has 0 spiro atoms. The lowest BCUT2D eigenvalue weighted by molar-refractivity contribution is 0.336. The van der Waals surface area contributed by atoms with Gasteiger partial charge >= 0.3 is 0 Å². The van der Waals surface area contributed by atoms with Gasteiger partial charge in [0.05, 0.1) is 0 Å². The Labute approximate surface area is 87.8 Å². The molecule has 2 nitrogen and oxygen atoms in total. The van der Waals surface area contributed by atoms with Crippen molar-refractivity contribution in [3.63, 3.8) is 0 Å². The summed E-state index contributed by atoms with van der Waals surface area (Å²) in [5.74, 6) is 0. The molecule has 1 saturated carbocycles. The summed E-state index contributed by atoms with van der Waals surface area (Å²) < 4.78 is 0. The van der Waals surface area contributed by atoms with Gasteiger partial charge in [-0.1, -0.05) is 13.3 Å². The summed E-state index contributed by atoms with van der Waals surface area (Å²) in [5, 5.41) is 7.18. The summed E-state index contributed by atoms with van der Waals surface area (Å²) in [6.45, 7) is 6.01. The fraction of sp³-hybridized carbons (Fsp3) is 1.00. The first-order valence-corrected chi connectivity index (χ1v) is 6.29. The Hall–Kier alpha value is -0.0800. The number of nitrogens with one attached hydrogen (secondary N) is 2. The van der Waals surface area contributed by atoms with Crippen molar-refractivity contribution < 1.29 is 0 Å². The molecule has 14 heavy (non-hydrogen) atoms. The van der Waals surface area contributed by atoms with Gasteiger partial charge in [0, 0.05) is 12.6 Å². The van der Waals surface area contributed by atoms with Crippen molar-refractivity contribution in [2.75, 3.05) is 19.6 Å². The Morgan fingerprint density at radius 3 is 2.57 bits per heavy atom. The lowest BCUT2D eigenvalue weighted by Gasteiger charge is -2.26. The van der Waals surface area contributed by atoms with E-state index in [1.54, 1.807) is 0 Å². The number of rotatable bonds is 5. The first-order valence-electron chi connectivity index (χ1n) is 6.29. The summed E-state index contributed by atoms with van der Waals surface area (Å²) in [7, 11) is 0. The average molecular weight is 196 g/mol. The second-order valence-corrected chi connectivity index (χ2v) is 5.16. The quantitative estimate of drug-likeness (QED) is 0.702. The Morgan fingerprint density at radius 2 is 2.00 bits per heavy atom. The van der Waals surface area contributed by atoms with E-state index in [0.717, 1.165) is 11.5 Å². The summed E-state index contributed by atoms with van der Waals surface area (Å²) in [5.41, 5.74) is 0.722. The van der Waals surface area contributed by atoms with Gasteiger partial charge in [-0.3, -0.25) is 0 Å². The molecule has 1 aliphatic heterocycles. The predicted molar refractivity (Wildman–Crippen MR) is 60.5 cm³/mol. The van der Waals surface area contributed by atoms with Crippen LogP contribution in [0, 0.1) is 5.41 Å². The van der Waals surface area contributed by atoms with Crippen LogP contribution in [0.5, 0.6) is 0 Å². The fourth-order valence-corrected chi connectivity index (χ4v) is 2.61. The van der Waals surface area contributed by atoms with E-state index in [-0.39, 0.29) is 0 Å². The molecule has 0 aromatic carbocycles. The summed E-state index contributed by atoms with van der Waals surface area (Å²) in [6.07, 6.45) is 8.38. The molecule has 1 aliphatic carbocycles. The first kappa shape index (κ1) is 10.4. The van der Waals surface area contributed by atoms with Crippen molar-refractivity contribution in [2.45, 2.75) is 51.5 Å². The van der Waals surface area contributed by atoms with Gasteiger partial charge < -0.3 is 10.6 Å². The minimum atomic E-state index is 0.722. The SMILES string of the molecule is CCCC1(CNC2CCNCC2)CC1. The second-order valence-electron chi connectivity index (χ2n) is 5.16. The molecule has 0 aromatic heterocycles. The van der Waals surface area contributed by atoms with E-state index in [2.05, 4.69) is 17.6 Å². The lowest BCUT2D eigenvalue weighted by Crippen LogP contribution is -2.42. The molecule has 2 heteroatoms. The zero-order chi connectivity index (χ0) is 9.86. The van der Waals surface area contributed by atoms with Gasteiger partial charge in [0.2, 0.25) is 0 Å². The monoisotopic (exact) mass is 196 g/mol. The van der Waals surface area contributed by atoms with E-state index in [4.69, 9.17) is 0 Å². The van der Waals surface area contributed by atoms with Crippen LogP contribution in [0.2, 0.25) is 0 Å². The molecule has 2 aliphatic rings. The highest BCUT2D eigenvalue weighted by molar-refractivity contribution is 4.95. The molecule has 0 atom stereocenters. The Bertz CT molecular complexity index is 169. The normalized spacial score (nSPS) is 26.4. The van der Waals surface area contributed by atoms with E-state index >= 15 is 0 Å². The molecule has 2 rings (SSSR count). The van der Waals surface area contributed by atoms with Gasteiger partial charge in [0.25, 0.3) is 0 Å². The molecule has 0 radical (unpaired) electrons. The zero-order valence-electron chi connectivity index (χ0n) is 9.44. The van der Waals surface area contributed by atoms with Crippen LogP contribution in [-0.2, 0) is 0 Å². The highest BCUT2D eigenvalue weighted by Crippen LogP contribution is 2.49. The summed E-state index contributed by atoms with van der Waals surface area (Å²) in [6, 6.07) is 0.797. The van der Waals surface area contributed by atoms with Crippen molar-refractivity contribution in [1.82, 2.24) is 10.6 Å². The number of hydrogen-bond acceptors (Lipinski definition) is 2. The molecular weight excluding hydrogens is 172 g/mol. The van der Waals surface area contributed by atoms with Crippen LogP contribution >= 0.6 is 0 Å². The van der Waals surface area contributed by atoms with Crippen molar-refractivity contribution in [2.24, 2.45) is 5.41 Å². The standard InChI is InChI=1S/C12H24N2/c1-2-5-12(6-7-12)10-14-11-3-8-13-9-4-11/h11,13-14H,2-10H2,1H3. The van der Waals surface area contributed by atoms with Crippen molar-refractivity contribution >= 4 is 0 Å². The molecular formula is C12H24N2. The first-order chi connectivity index (χ1) is 6.85. The van der Waals surface area contributed by atoms with Crippen LogP contribution in [-0.4, -0.2) is 25.7 Å². The molecule has 82 valence electrons. The predicted octanol–water partition coefficient (Wildman–Crippen LogP) is 1.91. The number of hydrogen-bond donors (Lipinski definition) is 2. The van der Waals surface area contributed by atoms with Crippen LogP contribution in [0.1, 0.15) is 45.4 Å². The Morgan fingerprint density at radius 1 is 1.29 bits per heavy atom. The van der Waals surface area contributed by atoms with E-state index in [0.29, 0.717) is 0 Å². The van der Waals surface area contributed by atoms with Crippen molar-refractivity contribution in [1.29, 1.82) is 0 Å². The Kier molecular flexibility index (Phi) is 3.45. The van der Waals surface area contributed by atoms with E-state index in [1.165, 1.54) is 58.2 Å². The van der Waals surface area contributed by atoms with E-state index in [9.17, 15) is 0 Å². The third kappa shape index (κ3) is 2.71. The maximum Gasteiger partial charge on any atom is 0.00914 e. The number of piperidine rings is 1. The third-order valence-electron chi connectivity index (χ3n) is 3.84. The molecule has 2 N–H and O–H groups in total. The van der Waals surface area contributed by atoms with Gasteiger partial charge in [-0.15, -0.1) is 0 Å². The minimum Gasteiger partial charge on any atom is -0.317 e. The van der Waals surface area contributed by atoms with Crippen LogP contribution < -0.4 is 10.6 Å². The second kappa shape index (κ2) is 4.63.